The monoisotopic (exact) mass is 218 g/mol. The average Bonchev–Trinajstić information content (AvgIpc) is 2.59. The SMILES string of the molecule is CC(=O)c1ccnc(N2CC(C)C(C)C2)c1. The van der Waals surface area contributed by atoms with Gasteiger partial charge in [0, 0.05) is 24.8 Å². The van der Waals surface area contributed by atoms with Crippen LogP contribution >= 0.6 is 0 Å². The molecular formula is C13H18N2O. The predicted octanol–water partition coefficient (Wildman–Crippen LogP) is 2.38. The van der Waals surface area contributed by atoms with E-state index in [0.717, 1.165) is 24.5 Å². The van der Waals surface area contributed by atoms with E-state index in [9.17, 15) is 4.79 Å². The van der Waals surface area contributed by atoms with Crippen LogP contribution < -0.4 is 4.90 Å². The van der Waals surface area contributed by atoms with Gasteiger partial charge in [0.05, 0.1) is 0 Å². The number of pyridine rings is 1. The van der Waals surface area contributed by atoms with E-state index in [1.54, 1.807) is 19.2 Å². The Labute approximate surface area is 96.5 Å². The highest BCUT2D eigenvalue weighted by atomic mass is 16.1. The van der Waals surface area contributed by atoms with Crippen molar-refractivity contribution in [3.05, 3.63) is 23.9 Å². The molecule has 1 aromatic heterocycles. The number of ketones is 1. The second-order valence-electron chi connectivity index (χ2n) is 4.82. The number of nitrogens with zero attached hydrogens (tertiary/aromatic N) is 2. The number of hydrogen-bond donors (Lipinski definition) is 0. The molecule has 3 nitrogen and oxygen atoms in total. The zero-order valence-corrected chi connectivity index (χ0v) is 10.1. The van der Waals surface area contributed by atoms with Gasteiger partial charge in [0.2, 0.25) is 0 Å². The molecule has 0 saturated carbocycles. The fourth-order valence-corrected chi connectivity index (χ4v) is 2.13. The van der Waals surface area contributed by atoms with Gasteiger partial charge >= 0.3 is 0 Å². The molecule has 3 heteroatoms. The van der Waals surface area contributed by atoms with Crippen molar-refractivity contribution in [1.82, 2.24) is 4.98 Å². The van der Waals surface area contributed by atoms with Crippen molar-refractivity contribution in [2.45, 2.75) is 20.8 Å². The summed E-state index contributed by atoms with van der Waals surface area (Å²) in [7, 11) is 0. The van der Waals surface area contributed by atoms with Gasteiger partial charge < -0.3 is 4.90 Å². The summed E-state index contributed by atoms with van der Waals surface area (Å²) >= 11 is 0. The molecule has 1 fully saturated rings. The Morgan fingerprint density at radius 1 is 1.38 bits per heavy atom. The summed E-state index contributed by atoms with van der Waals surface area (Å²) in [6.07, 6.45) is 1.72. The minimum absolute atomic E-state index is 0.101. The van der Waals surface area contributed by atoms with Gasteiger partial charge in [-0.15, -0.1) is 0 Å². The zero-order chi connectivity index (χ0) is 11.7. The molecule has 2 unspecified atom stereocenters. The van der Waals surface area contributed by atoms with E-state index < -0.39 is 0 Å². The third-order valence-corrected chi connectivity index (χ3v) is 3.46. The maximum absolute atomic E-state index is 11.3. The van der Waals surface area contributed by atoms with Crippen LogP contribution in [0.2, 0.25) is 0 Å². The summed E-state index contributed by atoms with van der Waals surface area (Å²) in [6, 6.07) is 3.67. The summed E-state index contributed by atoms with van der Waals surface area (Å²) in [5.74, 6) is 2.43. The molecule has 1 aromatic rings. The topological polar surface area (TPSA) is 33.2 Å². The molecule has 0 N–H and O–H groups in total. The number of carbonyl (C=O) groups is 1. The van der Waals surface area contributed by atoms with Crippen molar-refractivity contribution in [2.24, 2.45) is 11.8 Å². The summed E-state index contributed by atoms with van der Waals surface area (Å²) in [4.78, 5) is 17.9. The third-order valence-electron chi connectivity index (χ3n) is 3.46. The van der Waals surface area contributed by atoms with Crippen LogP contribution in [0.15, 0.2) is 18.3 Å². The maximum atomic E-state index is 11.3. The molecule has 1 saturated heterocycles. The first-order chi connectivity index (χ1) is 7.58. The standard InChI is InChI=1S/C13H18N2O/c1-9-7-15(8-10(9)2)13-6-12(11(3)16)4-5-14-13/h4-6,9-10H,7-8H2,1-3H3. The highest BCUT2D eigenvalue weighted by molar-refractivity contribution is 5.94. The smallest absolute Gasteiger partial charge is 0.159 e. The lowest BCUT2D eigenvalue weighted by Crippen LogP contribution is -2.21. The number of carbonyl (C=O) groups excluding carboxylic acids is 1. The number of Topliss-reactive ketones (excluding diaryl/α,β-unsaturated/α-hetero) is 1. The first-order valence-electron chi connectivity index (χ1n) is 5.80. The van der Waals surface area contributed by atoms with Crippen molar-refractivity contribution >= 4 is 11.6 Å². The minimum Gasteiger partial charge on any atom is -0.356 e. The molecule has 0 aromatic carbocycles. The van der Waals surface area contributed by atoms with Crippen LogP contribution in [0, 0.1) is 11.8 Å². The molecule has 0 amide bonds. The Balaban J connectivity index is 2.21. The van der Waals surface area contributed by atoms with E-state index in [4.69, 9.17) is 0 Å². The number of anilines is 1. The molecule has 1 aliphatic heterocycles. The highest BCUT2D eigenvalue weighted by Crippen LogP contribution is 2.26. The molecule has 16 heavy (non-hydrogen) atoms. The number of hydrogen-bond acceptors (Lipinski definition) is 3. The first-order valence-corrected chi connectivity index (χ1v) is 5.80. The van der Waals surface area contributed by atoms with E-state index in [-0.39, 0.29) is 5.78 Å². The van der Waals surface area contributed by atoms with Crippen molar-refractivity contribution in [3.8, 4) is 0 Å². The van der Waals surface area contributed by atoms with Gasteiger partial charge in [0.15, 0.2) is 5.78 Å². The number of aromatic nitrogens is 1. The largest absolute Gasteiger partial charge is 0.356 e. The lowest BCUT2D eigenvalue weighted by Gasteiger charge is -2.17. The lowest BCUT2D eigenvalue weighted by atomic mass is 10.0. The quantitative estimate of drug-likeness (QED) is 0.714. The van der Waals surface area contributed by atoms with Crippen LogP contribution in [0.4, 0.5) is 5.82 Å². The molecule has 86 valence electrons. The minimum atomic E-state index is 0.101. The highest BCUT2D eigenvalue weighted by Gasteiger charge is 2.26. The molecule has 1 aliphatic rings. The van der Waals surface area contributed by atoms with Crippen LogP contribution in [0.5, 0.6) is 0 Å². The lowest BCUT2D eigenvalue weighted by molar-refractivity contribution is 0.101. The molecule has 0 radical (unpaired) electrons. The Morgan fingerprint density at radius 3 is 2.56 bits per heavy atom. The average molecular weight is 218 g/mol. The van der Waals surface area contributed by atoms with Crippen molar-refractivity contribution < 1.29 is 4.79 Å². The molecule has 2 heterocycles. The van der Waals surface area contributed by atoms with Crippen LogP contribution in [0.3, 0.4) is 0 Å². The predicted molar refractivity (Wildman–Crippen MR) is 64.8 cm³/mol. The van der Waals surface area contributed by atoms with Crippen molar-refractivity contribution in [1.29, 1.82) is 0 Å². The first kappa shape index (κ1) is 11.1. The van der Waals surface area contributed by atoms with Crippen LogP contribution in [0.1, 0.15) is 31.1 Å². The van der Waals surface area contributed by atoms with Gasteiger partial charge in [-0.2, -0.15) is 0 Å². The normalized spacial score (nSPS) is 24.8. The van der Waals surface area contributed by atoms with Crippen LogP contribution in [-0.4, -0.2) is 23.9 Å². The molecule has 0 spiro atoms. The summed E-state index contributed by atoms with van der Waals surface area (Å²) in [5, 5.41) is 0. The van der Waals surface area contributed by atoms with Gasteiger partial charge in [-0.25, -0.2) is 4.98 Å². The van der Waals surface area contributed by atoms with E-state index >= 15 is 0 Å². The molecule has 2 atom stereocenters. The van der Waals surface area contributed by atoms with Crippen LogP contribution in [-0.2, 0) is 0 Å². The van der Waals surface area contributed by atoms with E-state index in [1.807, 2.05) is 6.07 Å². The summed E-state index contributed by atoms with van der Waals surface area (Å²) in [5.41, 5.74) is 0.747. The Morgan fingerprint density at radius 2 is 2.00 bits per heavy atom. The van der Waals surface area contributed by atoms with Gasteiger partial charge in [0.25, 0.3) is 0 Å². The third kappa shape index (κ3) is 2.08. The summed E-state index contributed by atoms with van der Waals surface area (Å²) < 4.78 is 0. The van der Waals surface area contributed by atoms with Crippen LogP contribution in [0.25, 0.3) is 0 Å². The molecular weight excluding hydrogens is 200 g/mol. The summed E-state index contributed by atoms with van der Waals surface area (Å²) in [6.45, 7) is 8.19. The van der Waals surface area contributed by atoms with Gasteiger partial charge in [-0.1, -0.05) is 13.8 Å². The fourth-order valence-electron chi connectivity index (χ4n) is 2.13. The van der Waals surface area contributed by atoms with E-state index in [0.29, 0.717) is 11.8 Å². The van der Waals surface area contributed by atoms with Gasteiger partial charge in [-0.05, 0) is 30.9 Å². The second-order valence-corrected chi connectivity index (χ2v) is 4.82. The second kappa shape index (κ2) is 4.24. The Bertz CT molecular complexity index is 393. The molecule has 2 rings (SSSR count). The zero-order valence-electron chi connectivity index (χ0n) is 10.1. The Hall–Kier alpha value is -1.38. The van der Waals surface area contributed by atoms with Crippen molar-refractivity contribution in [3.63, 3.8) is 0 Å². The molecule has 0 bridgehead atoms. The van der Waals surface area contributed by atoms with Gasteiger partial charge in [-0.3, -0.25) is 4.79 Å². The molecule has 0 aliphatic carbocycles. The number of rotatable bonds is 2. The fraction of sp³-hybridized carbons (Fsp3) is 0.538. The Kier molecular flexibility index (Phi) is 2.95. The van der Waals surface area contributed by atoms with E-state index in [1.165, 1.54) is 0 Å². The van der Waals surface area contributed by atoms with E-state index in [2.05, 4.69) is 23.7 Å². The van der Waals surface area contributed by atoms with Gasteiger partial charge in [0.1, 0.15) is 5.82 Å². The maximum Gasteiger partial charge on any atom is 0.159 e. The van der Waals surface area contributed by atoms with Crippen molar-refractivity contribution in [2.75, 3.05) is 18.0 Å².